The fourth-order valence-electron chi connectivity index (χ4n) is 3.19. The van der Waals surface area contributed by atoms with Crippen LogP contribution in [0.5, 0.6) is 0 Å². The van der Waals surface area contributed by atoms with Gasteiger partial charge in [-0.2, -0.15) is 26.3 Å². The Kier molecular flexibility index (Phi) is 4.41. The fourth-order valence-corrected chi connectivity index (χ4v) is 3.19. The summed E-state index contributed by atoms with van der Waals surface area (Å²) in [5, 5.41) is 1.03. The van der Waals surface area contributed by atoms with Gasteiger partial charge in [0.2, 0.25) is 0 Å². The van der Waals surface area contributed by atoms with Crippen LogP contribution in [0, 0.1) is 0 Å². The van der Waals surface area contributed by atoms with Gasteiger partial charge in [0.05, 0.1) is 11.1 Å². The molecular formula is C22H12F6O. The summed E-state index contributed by atoms with van der Waals surface area (Å²) in [6.45, 7) is 0. The minimum atomic E-state index is -4.53. The molecule has 0 amide bonds. The highest BCUT2D eigenvalue weighted by atomic mass is 19.4. The predicted molar refractivity (Wildman–Crippen MR) is 97.1 cm³/mol. The van der Waals surface area contributed by atoms with Gasteiger partial charge in [0.15, 0.2) is 0 Å². The molecule has 29 heavy (non-hydrogen) atoms. The molecule has 3 aromatic carbocycles. The summed E-state index contributed by atoms with van der Waals surface area (Å²) in [6.07, 6.45) is -9.05. The third-order valence-corrected chi connectivity index (χ3v) is 4.52. The van der Waals surface area contributed by atoms with Crippen molar-refractivity contribution < 1.29 is 30.8 Å². The van der Waals surface area contributed by atoms with Gasteiger partial charge in [-0.15, -0.1) is 0 Å². The van der Waals surface area contributed by atoms with Crippen molar-refractivity contribution in [2.75, 3.05) is 0 Å². The molecule has 0 radical (unpaired) electrons. The third kappa shape index (κ3) is 3.60. The maximum Gasteiger partial charge on any atom is 0.416 e. The first-order valence-electron chi connectivity index (χ1n) is 8.51. The van der Waals surface area contributed by atoms with Gasteiger partial charge in [0.25, 0.3) is 0 Å². The summed E-state index contributed by atoms with van der Waals surface area (Å²) >= 11 is 0. The Bertz CT molecular complexity index is 1090. The molecule has 7 heteroatoms. The molecule has 0 aliphatic rings. The lowest BCUT2D eigenvalue weighted by Crippen LogP contribution is -2.04. The highest BCUT2D eigenvalue weighted by Crippen LogP contribution is 2.41. The molecule has 0 spiro atoms. The van der Waals surface area contributed by atoms with Gasteiger partial charge in [-0.3, -0.25) is 0 Å². The second-order valence-corrected chi connectivity index (χ2v) is 6.46. The second kappa shape index (κ2) is 6.69. The van der Waals surface area contributed by atoms with E-state index >= 15 is 0 Å². The SMILES string of the molecule is FC(F)(F)c1cccc(-c2oc(-c3cccc(C(F)(F)F)c3)c3ccccc23)c1. The van der Waals surface area contributed by atoms with Gasteiger partial charge in [0, 0.05) is 21.9 Å². The zero-order valence-electron chi connectivity index (χ0n) is 14.6. The molecule has 148 valence electrons. The predicted octanol–water partition coefficient (Wildman–Crippen LogP) is 7.80. The molecule has 0 N–H and O–H groups in total. The van der Waals surface area contributed by atoms with Crippen molar-refractivity contribution >= 4 is 10.8 Å². The molecule has 0 bridgehead atoms. The second-order valence-electron chi connectivity index (χ2n) is 6.46. The number of alkyl halides is 6. The summed E-state index contributed by atoms with van der Waals surface area (Å²) in [4.78, 5) is 0. The summed E-state index contributed by atoms with van der Waals surface area (Å²) in [5.41, 5.74) is -1.30. The van der Waals surface area contributed by atoms with Crippen molar-refractivity contribution in [2.24, 2.45) is 0 Å². The molecule has 0 saturated heterocycles. The van der Waals surface area contributed by atoms with E-state index in [0.717, 1.165) is 24.3 Å². The van der Waals surface area contributed by atoms with Crippen molar-refractivity contribution in [1.29, 1.82) is 0 Å². The molecular weight excluding hydrogens is 394 g/mol. The molecule has 4 rings (SSSR count). The Balaban J connectivity index is 1.92. The number of furan rings is 1. The van der Waals surface area contributed by atoms with E-state index in [0.29, 0.717) is 10.8 Å². The van der Waals surface area contributed by atoms with Crippen molar-refractivity contribution in [3.8, 4) is 22.6 Å². The first-order chi connectivity index (χ1) is 13.6. The lowest BCUT2D eigenvalue weighted by molar-refractivity contribution is -0.138. The summed E-state index contributed by atoms with van der Waals surface area (Å²) in [5.74, 6) is 0.332. The molecule has 0 aliphatic heterocycles. The van der Waals surface area contributed by atoms with Crippen LogP contribution in [0.25, 0.3) is 33.4 Å². The highest BCUT2D eigenvalue weighted by Gasteiger charge is 2.32. The molecule has 0 unspecified atom stereocenters. The van der Waals surface area contributed by atoms with Gasteiger partial charge >= 0.3 is 12.4 Å². The minimum Gasteiger partial charge on any atom is -0.455 e. The number of hydrogen-bond donors (Lipinski definition) is 0. The molecule has 0 atom stereocenters. The zero-order chi connectivity index (χ0) is 20.8. The van der Waals surface area contributed by atoms with Gasteiger partial charge in [0.1, 0.15) is 11.5 Å². The summed E-state index contributed by atoms with van der Waals surface area (Å²) in [7, 11) is 0. The third-order valence-electron chi connectivity index (χ3n) is 4.52. The molecule has 1 heterocycles. The lowest BCUT2D eigenvalue weighted by atomic mass is 10.0. The standard InChI is InChI=1S/C22H12F6O/c23-21(24,25)15-7-3-5-13(11-15)19-17-9-1-2-10-18(17)20(29-19)14-6-4-8-16(12-14)22(26,27)28/h1-12H. The molecule has 0 aliphatic carbocycles. The Morgan fingerprint density at radius 1 is 0.517 bits per heavy atom. The summed E-state index contributed by atoms with van der Waals surface area (Å²) in [6, 6.07) is 16.0. The first-order valence-corrected chi connectivity index (χ1v) is 8.51. The van der Waals surface area contributed by atoms with Crippen LogP contribution in [0.2, 0.25) is 0 Å². The molecule has 1 aromatic heterocycles. The van der Waals surface area contributed by atoms with Gasteiger partial charge < -0.3 is 4.42 Å². The van der Waals surface area contributed by atoms with E-state index in [4.69, 9.17) is 4.42 Å². The van der Waals surface area contributed by atoms with Gasteiger partial charge in [-0.1, -0.05) is 48.5 Å². The highest BCUT2D eigenvalue weighted by molar-refractivity contribution is 6.02. The van der Waals surface area contributed by atoms with E-state index in [-0.39, 0.29) is 22.6 Å². The van der Waals surface area contributed by atoms with Crippen LogP contribution in [-0.2, 0) is 12.4 Å². The minimum absolute atomic E-state index is 0.166. The largest absolute Gasteiger partial charge is 0.455 e. The van der Waals surface area contributed by atoms with Crippen LogP contribution >= 0.6 is 0 Å². The normalized spacial score (nSPS) is 12.5. The smallest absolute Gasteiger partial charge is 0.416 e. The van der Waals surface area contributed by atoms with E-state index in [1.54, 1.807) is 24.3 Å². The Morgan fingerprint density at radius 2 is 0.931 bits per heavy atom. The van der Waals surface area contributed by atoms with E-state index in [9.17, 15) is 26.3 Å². The Labute approximate surface area is 161 Å². The maximum atomic E-state index is 13.1. The molecule has 1 nitrogen and oxygen atoms in total. The average Bonchev–Trinajstić information content (AvgIpc) is 3.07. The van der Waals surface area contributed by atoms with Crippen LogP contribution in [0.1, 0.15) is 11.1 Å². The van der Waals surface area contributed by atoms with Crippen molar-refractivity contribution in [1.82, 2.24) is 0 Å². The van der Waals surface area contributed by atoms with Gasteiger partial charge in [-0.25, -0.2) is 0 Å². The van der Waals surface area contributed by atoms with Crippen molar-refractivity contribution in [3.63, 3.8) is 0 Å². The number of hydrogen-bond acceptors (Lipinski definition) is 1. The van der Waals surface area contributed by atoms with E-state index < -0.39 is 23.5 Å². The van der Waals surface area contributed by atoms with Crippen LogP contribution in [0.3, 0.4) is 0 Å². The Hall–Kier alpha value is -3.22. The molecule has 0 saturated carbocycles. The number of fused-ring (bicyclic) bond motifs is 1. The topological polar surface area (TPSA) is 13.1 Å². The van der Waals surface area contributed by atoms with Crippen LogP contribution < -0.4 is 0 Å². The maximum absolute atomic E-state index is 13.1. The Morgan fingerprint density at radius 3 is 1.31 bits per heavy atom. The van der Waals surface area contributed by atoms with Gasteiger partial charge in [-0.05, 0) is 24.3 Å². The van der Waals surface area contributed by atoms with Crippen LogP contribution in [0.15, 0.2) is 77.2 Å². The zero-order valence-corrected chi connectivity index (χ0v) is 14.6. The average molecular weight is 406 g/mol. The van der Waals surface area contributed by atoms with E-state index in [2.05, 4.69) is 0 Å². The van der Waals surface area contributed by atoms with Crippen molar-refractivity contribution in [3.05, 3.63) is 83.9 Å². The number of rotatable bonds is 2. The summed E-state index contributed by atoms with van der Waals surface area (Å²) < 4.78 is 84.4. The van der Waals surface area contributed by atoms with Crippen molar-refractivity contribution in [2.45, 2.75) is 12.4 Å². The first kappa shape index (κ1) is 19.1. The number of halogens is 6. The lowest BCUT2D eigenvalue weighted by Gasteiger charge is -2.08. The van der Waals surface area contributed by atoms with Crippen LogP contribution in [-0.4, -0.2) is 0 Å². The molecule has 4 aromatic rings. The fraction of sp³-hybridized carbons (Fsp3) is 0.0909. The molecule has 0 fully saturated rings. The quantitative estimate of drug-likeness (QED) is 0.310. The van der Waals surface area contributed by atoms with Crippen LogP contribution in [0.4, 0.5) is 26.3 Å². The monoisotopic (exact) mass is 406 g/mol. The van der Waals surface area contributed by atoms with E-state index in [1.165, 1.54) is 24.3 Å². The van der Waals surface area contributed by atoms with E-state index in [1.807, 2.05) is 0 Å². The number of benzene rings is 3.